The predicted molar refractivity (Wildman–Crippen MR) is 129 cm³/mol. The molecule has 1 aromatic rings. The third kappa shape index (κ3) is 6.61. The number of pyridine rings is 1. The van der Waals surface area contributed by atoms with Gasteiger partial charge in [0.1, 0.15) is 23.6 Å². The zero-order valence-electron chi connectivity index (χ0n) is 21.2. The maximum atomic E-state index is 13.1. The number of hydrogen-bond acceptors (Lipinski definition) is 8. The van der Waals surface area contributed by atoms with E-state index < -0.39 is 24.1 Å². The summed E-state index contributed by atoms with van der Waals surface area (Å²) in [4.78, 5) is 32.3. The van der Waals surface area contributed by atoms with Gasteiger partial charge in [-0.3, -0.25) is 4.79 Å². The first-order valence-electron chi connectivity index (χ1n) is 12.5. The lowest BCUT2D eigenvalue weighted by Crippen LogP contribution is -2.54. The number of anilines is 1. The summed E-state index contributed by atoms with van der Waals surface area (Å²) in [6, 6.07) is 3.46. The Bertz CT molecular complexity index is 860. The van der Waals surface area contributed by atoms with Gasteiger partial charge in [-0.15, -0.1) is 0 Å². The molecule has 196 valence electrons. The van der Waals surface area contributed by atoms with Crippen molar-refractivity contribution in [3.63, 3.8) is 0 Å². The highest BCUT2D eigenvalue weighted by Crippen LogP contribution is 2.40. The number of nitrogens with one attached hydrogen (secondary N) is 1. The molecular formula is C25H38FN3O6. The first-order chi connectivity index (χ1) is 16.9. The molecule has 2 fully saturated rings. The fourth-order valence-electron chi connectivity index (χ4n) is 4.20. The van der Waals surface area contributed by atoms with Crippen LogP contribution in [-0.4, -0.2) is 81.8 Å². The van der Waals surface area contributed by atoms with Gasteiger partial charge in [-0.25, -0.2) is 14.2 Å². The Morgan fingerprint density at radius 2 is 1.89 bits per heavy atom. The molecule has 1 saturated heterocycles. The van der Waals surface area contributed by atoms with Crippen LogP contribution in [0.3, 0.4) is 0 Å². The lowest BCUT2D eigenvalue weighted by Gasteiger charge is -2.40. The smallest absolute Gasteiger partial charge is 0.331 e. The Balaban J connectivity index is 1.72. The van der Waals surface area contributed by atoms with Gasteiger partial charge < -0.3 is 29.2 Å². The number of carbonyl (C=O) groups excluding carboxylic acids is 2. The zero-order chi connectivity index (χ0) is 25.4. The first kappa shape index (κ1) is 27.1. The van der Waals surface area contributed by atoms with Crippen molar-refractivity contribution in [2.45, 2.75) is 51.7 Å². The molecule has 2 aliphatic rings. The standard InChI is InChI=1S/C25H38FN3O6/c1-5-25(6-2,24(31)34-7-3)28-22(30)20-8-9-21(29-13-19(14-29)32-4)23(27-20)35-16-18-12-17(18)15-33-11-10-26/h8-9,17-19H,5-7,10-16H2,1-4H3,(H,28,30)/t17-,18+/m1/s1. The van der Waals surface area contributed by atoms with Crippen LogP contribution >= 0.6 is 0 Å². The van der Waals surface area contributed by atoms with Crippen molar-refractivity contribution in [3.8, 4) is 5.88 Å². The Hall–Kier alpha value is -2.46. The van der Waals surface area contributed by atoms with Crippen LogP contribution in [0.25, 0.3) is 0 Å². The first-order valence-corrected chi connectivity index (χ1v) is 12.5. The Morgan fingerprint density at radius 3 is 2.51 bits per heavy atom. The normalized spacial score (nSPS) is 19.7. The fourth-order valence-corrected chi connectivity index (χ4v) is 4.20. The number of hydrogen-bond donors (Lipinski definition) is 1. The molecule has 35 heavy (non-hydrogen) atoms. The van der Waals surface area contributed by atoms with E-state index >= 15 is 0 Å². The number of aromatic nitrogens is 1. The monoisotopic (exact) mass is 495 g/mol. The Morgan fingerprint density at radius 1 is 1.17 bits per heavy atom. The van der Waals surface area contributed by atoms with Crippen molar-refractivity contribution < 1.29 is 32.9 Å². The molecule has 0 radical (unpaired) electrons. The van der Waals surface area contributed by atoms with E-state index in [0.717, 1.165) is 12.1 Å². The van der Waals surface area contributed by atoms with Crippen LogP contribution in [-0.2, 0) is 19.0 Å². The fraction of sp³-hybridized carbons (Fsp3) is 0.720. The van der Waals surface area contributed by atoms with Crippen molar-refractivity contribution in [3.05, 3.63) is 17.8 Å². The van der Waals surface area contributed by atoms with Crippen LogP contribution in [0.1, 0.15) is 50.5 Å². The second-order valence-electron chi connectivity index (χ2n) is 9.08. The topological polar surface area (TPSA) is 99.2 Å². The molecule has 1 N–H and O–H groups in total. The van der Waals surface area contributed by atoms with Gasteiger partial charge in [-0.2, -0.15) is 0 Å². The van der Waals surface area contributed by atoms with Crippen molar-refractivity contribution >= 4 is 17.6 Å². The minimum atomic E-state index is -1.11. The summed E-state index contributed by atoms with van der Waals surface area (Å²) in [5.74, 6) is 0.115. The van der Waals surface area contributed by atoms with E-state index in [1.807, 2.05) is 19.9 Å². The number of nitrogens with zero attached hydrogens (tertiary/aromatic N) is 2. The summed E-state index contributed by atoms with van der Waals surface area (Å²) in [6.45, 7) is 7.66. The molecule has 1 amide bonds. The van der Waals surface area contributed by atoms with Crippen molar-refractivity contribution in [2.75, 3.05) is 58.2 Å². The minimum absolute atomic E-state index is 0.116. The Kier molecular flexibility index (Phi) is 9.68. The van der Waals surface area contributed by atoms with E-state index in [0.29, 0.717) is 56.9 Å². The summed E-state index contributed by atoms with van der Waals surface area (Å²) < 4.78 is 34.2. The highest BCUT2D eigenvalue weighted by atomic mass is 19.1. The molecule has 10 heteroatoms. The van der Waals surface area contributed by atoms with Crippen LogP contribution in [0.4, 0.5) is 10.1 Å². The van der Waals surface area contributed by atoms with E-state index in [-0.39, 0.29) is 25.0 Å². The Labute approximate surface area is 206 Å². The molecule has 9 nitrogen and oxygen atoms in total. The SMILES string of the molecule is CCOC(=O)C(CC)(CC)NC(=O)c1ccc(N2CC(OC)C2)c(OC[C@@H]2C[C@@H]2COCCF)n1. The average Bonchev–Trinajstić information content (AvgIpc) is 3.59. The minimum Gasteiger partial charge on any atom is -0.476 e. The molecule has 1 saturated carbocycles. The second kappa shape index (κ2) is 12.5. The molecule has 3 rings (SSSR count). The second-order valence-corrected chi connectivity index (χ2v) is 9.08. The molecule has 0 aromatic carbocycles. The highest BCUT2D eigenvalue weighted by Gasteiger charge is 2.40. The van der Waals surface area contributed by atoms with Crippen molar-refractivity contribution in [1.82, 2.24) is 10.3 Å². The van der Waals surface area contributed by atoms with Crippen molar-refractivity contribution in [1.29, 1.82) is 0 Å². The van der Waals surface area contributed by atoms with Gasteiger partial charge >= 0.3 is 5.97 Å². The molecule has 0 unspecified atom stereocenters. The van der Waals surface area contributed by atoms with Gasteiger partial charge in [-0.1, -0.05) is 13.8 Å². The van der Waals surface area contributed by atoms with E-state index in [2.05, 4.69) is 15.2 Å². The number of carbonyl (C=O) groups is 2. The maximum Gasteiger partial charge on any atom is 0.331 e. The molecule has 2 atom stereocenters. The molecule has 1 aliphatic heterocycles. The van der Waals surface area contributed by atoms with E-state index in [4.69, 9.17) is 18.9 Å². The van der Waals surface area contributed by atoms with E-state index in [1.54, 1.807) is 20.1 Å². The lowest BCUT2D eigenvalue weighted by atomic mass is 9.92. The summed E-state index contributed by atoms with van der Waals surface area (Å²) in [5, 5.41) is 2.85. The molecule has 2 heterocycles. The third-order valence-corrected chi connectivity index (χ3v) is 6.88. The molecule has 0 spiro atoms. The lowest BCUT2D eigenvalue weighted by molar-refractivity contribution is -0.151. The van der Waals surface area contributed by atoms with Crippen LogP contribution in [0.15, 0.2) is 12.1 Å². The summed E-state index contributed by atoms with van der Waals surface area (Å²) in [5.41, 5.74) is -0.150. The number of rotatable bonds is 15. The zero-order valence-corrected chi connectivity index (χ0v) is 21.2. The molecule has 1 aromatic heterocycles. The van der Waals surface area contributed by atoms with Gasteiger partial charge in [-0.05, 0) is 50.2 Å². The van der Waals surface area contributed by atoms with Crippen LogP contribution in [0.2, 0.25) is 0 Å². The van der Waals surface area contributed by atoms with Crippen LogP contribution < -0.4 is 15.0 Å². The van der Waals surface area contributed by atoms with E-state index in [1.165, 1.54) is 0 Å². The summed E-state index contributed by atoms with van der Waals surface area (Å²) in [7, 11) is 1.68. The number of halogens is 1. The molecule has 0 bridgehead atoms. The third-order valence-electron chi connectivity index (χ3n) is 6.88. The number of ether oxygens (including phenoxy) is 4. The maximum absolute atomic E-state index is 13.1. The number of alkyl halides is 1. The molecular weight excluding hydrogens is 457 g/mol. The van der Waals surface area contributed by atoms with Gasteiger partial charge in [0.25, 0.3) is 5.91 Å². The summed E-state index contributed by atoms with van der Waals surface area (Å²) in [6.07, 6.45) is 1.89. The quantitative estimate of drug-likeness (QED) is 0.293. The number of esters is 1. The van der Waals surface area contributed by atoms with Gasteiger partial charge in [0.05, 0.1) is 25.9 Å². The summed E-state index contributed by atoms with van der Waals surface area (Å²) >= 11 is 0. The molecule has 1 aliphatic carbocycles. The van der Waals surface area contributed by atoms with E-state index in [9.17, 15) is 14.0 Å². The number of amides is 1. The van der Waals surface area contributed by atoms with Gasteiger partial charge in [0, 0.05) is 26.8 Å². The average molecular weight is 496 g/mol. The van der Waals surface area contributed by atoms with Crippen LogP contribution in [0.5, 0.6) is 5.88 Å². The van der Waals surface area contributed by atoms with Gasteiger partial charge in [0.15, 0.2) is 0 Å². The highest BCUT2D eigenvalue weighted by molar-refractivity contribution is 5.97. The van der Waals surface area contributed by atoms with Gasteiger partial charge in [0.2, 0.25) is 5.88 Å². The van der Waals surface area contributed by atoms with Crippen molar-refractivity contribution in [2.24, 2.45) is 11.8 Å². The van der Waals surface area contributed by atoms with Crippen LogP contribution in [0, 0.1) is 11.8 Å². The predicted octanol–water partition coefficient (Wildman–Crippen LogP) is 2.77. The number of methoxy groups -OCH3 is 1. The largest absolute Gasteiger partial charge is 0.476 e.